The van der Waals surface area contributed by atoms with Crippen LogP contribution >= 0.6 is 23.7 Å². The molecule has 2 aromatic heterocycles. The predicted octanol–water partition coefficient (Wildman–Crippen LogP) is 3.00. The molecule has 1 aliphatic rings. The van der Waals surface area contributed by atoms with Gasteiger partial charge in [-0.2, -0.15) is 0 Å². The molecule has 6 heteroatoms. The molecule has 0 radical (unpaired) electrons. The van der Waals surface area contributed by atoms with E-state index in [2.05, 4.69) is 23.0 Å². The largest absolute Gasteiger partial charge is 0.355 e. The highest BCUT2D eigenvalue weighted by atomic mass is 35.5. The molecule has 2 N–H and O–H groups in total. The van der Waals surface area contributed by atoms with E-state index in [1.54, 1.807) is 11.3 Å². The molecule has 1 saturated heterocycles. The number of nitrogens with two attached hydrogens (primary N) is 1. The molecule has 110 valence electrons. The Morgan fingerprint density at radius 3 is 3.05 bits per heavy atom. The van der Waals surface area contributed by atoms with Crippen LogP contribution in [0.1, 0.15) is 19.0 Å². The smallest absolute Gasteiger partial charge is 0.177 e. The molecule has 1 atom stereocenters. The second-order valence-electron chi connectivity index (χ2n) is 5.64. The van der Waals surface area contributed by atoms with E-state index in [4.69, 9.17) is 10.3 Å². The van der Waals surface area contributed by atoms with E-state index in [-0.39, 0.29) is 17.8 Å². The predicted molar refractivity (Wildman–Crippen MR) is 84.1 cm³/mol. The molecule has 0 saturated carbocycles. The summed E-state index contributed by atoms with van der Waals surface area (Å²) in [6.07, 6.45) is 1.17. The first-order valence-electron chi connectivity index (χ1n) is 6.60. The van der Waals surface area contributed by atoms with Crippen molar-refractivity contribution in [2.24, 2.45) is 11.1 Å². The number of hydrogen-bond acceptors (Lipinski definition) is 5. The second-order valence-corrected chi connectivity index (χ2v) is 6.58. The van der Waals surface area contributed by atoms with Crippen LogP contribution in [0.4, 0.5) is 0 Å². The van der Waals surface area contributed by atoms with Crippen molar-refractivity contribution in [1.82, 2.24) is 10.1 Å². The monoisotopic (exact) mass is 313 g/mol. The van der Waals surface area contributed by atoms with Crippen molar-refractivity contribution in [3.63, 3.8) is 0 Å². The number of nitrogens with zero attached hydrogens (tertiary/aromatic N) is 2. The van der Waals surface area contributed by atoms with Gasteiger partial charge in [-0.15, -0.1) is 23.7 Å². The summed E-state index contributed by atoms with van der Waals surface area (Å²) in [6, 6.07) is 6.12. The summed E-state index contributed by atoms with van der Waals surface area (Å²) in [5.41, 5.74) is 7.10. The quantitative estimate of drug-likeness (QED) is 0.942. The van der Waals surface area contributed by atoms with Crippen molar-refractivity contribution in [1.29, 1.82) is 0 Å². The van der Waals surface area contributed by atoms with Gasteiger partial charge >= 0.3 is 0 Å². The molecule has 4 nitrogen and oxygen atoms in total. The lowest BCUT2D eigenvalue weighted by Gasteiger charge is -2.21. The first-order valence-corrected chi connectivity index (χ1v) is 7.48. The average Bonchev–Trinajstić information content (AvgIpc) is 3.11. The molecular formula is C14H20ClN3OS. The van der Waals surface area contributed by atoms with Crippen molar-refractivity contribution in [2.75, 3.05) is 19.6 Å². The Balaban J connectivity index is 0.00000147. The van der Waals surface area contributed by atoms with Gasteiger partial charge in [-0.1, -0.05) is 18.1 Å². The van der Waals surface area contributed by atoms with Gasteiger partial charge in [0.25, 0.3) is 0 Å². The maximum atomic E-state index is 5.83. The summed E-state index contributed by atoms with van der Waals surface area (Å²) in [7, 11) is 0. The Morgan fingerprint density at radius 1 is 1.55 bits per heavy atom. The molecule has 1 aliphatic heterocycles. The number of likely N-dealkylation sites (tertiary alicyclic amines) is 1. The highest BCUT2D eigenvalue weighted by molar-refractivity contribution is 7.13. The zero-order valence-electron chi connectivity index (χ0n) is 11.5. The first kappa shape index (κ1) is 15.5. The minimum atomic E-state index is 0. The van der Waals surface area contributed by atoms with Crippen molar-refractivity contribution >= 4 is 23.7 Å². The molecule has 0 bridgehead atoms. The van der Waals surface area contributed by atoms with Crippen LogP contribution in [-0.4, -0.2) is 29.7 Å². The minimum Gasteiger partial charge on any atom is -0.355 e. The highest BCUT2D eigenvalue weighted by Crippen LogP contribution is 2.30. The summed E-state index contributed by atoms with van der Waals surface area (Å²) >= 11 is 1.67. The van der Waals surface area contributed by atoms with Crippen LogP contribution in [-0.2, 0) is 6.54 Å². The van der Waals surface area contributed by atoms with Gasteiger partial charge in [-0.25, -0.2) is 0 Å². The van der Waals surface area contributed by atoms with Crippen molar-refractivity contribution in [3.05, 3.63) is 29.3 Å². The zero-order valence-corrected chi connectivity index (χ0v) is 13.2. The third-order valence-corrected chi connectivity index (χ3v) is 4.72. The SMILES string of the molecule is CC1(CN)CCN(Cc2cc(-c3cccs3)on2)C1.Cl. The molecule has 1 unspecified atom stereocenters. The Bertz CT molecular complexity index is 542. The van der Waals surface area contributed by atoms with Crippen molar-refractivity contribution < 1.29 is 4.52 Å². The van der Waals surface area contributed by atoms with Gasteiger partial charge in [0.2, 0.25) is 0 Å². The third-order valence-electron chi connectivity index (χ3n) is 3.84. The molecule has 3 rings (SSSR count). The fraction of sp³-hybridized carbons (Fsp3) is 0.500. The lowest BCUT2D eigenvalue weighted by Crippen LogP contribution is -2.31. The zero-order chi connectivity index (χ0) is 13.3. The van der Waals surface area contributed by atoms with E-state index >= 15 is 0 Å². The summed E-state index contributed by atoms with van der Waals surface area (Å²) < 4.78 is 5.41. The number of aromatic nitrogens is 1. The Labute approximate surface area is 129 Å². The number of rotatable bonds is 4. The lowest BCUT2D eigenvalue weighted by atomic mass is 9.90. The maximum absolute atomic E-state index is 5.83. The second kappa shape index (κ2) is 6.26. The van der Waals surface area contributed by atoms with Crippen LogP contribution in [0.5, 0.6) is 0 Å². The Morgan fingerprint density at radius 2 is 2.40 bits per heavy atom. The van der Waals surface area contributed by atoms with E-state index in [0.29, 0.717) is 0 Å². The normalized spacial score (nSPS) is 22.9. The highest BCUT2D eigenvalue weighted by Gasteiger charge is 2.32. The van der Waals surface area contributed by atoms with Crippen LogP contribution in [0.15, 0.2) is 28.1 Å². The van der Waals surface area contributed by atoms with Crippen LogP contribution in [0, 0.1) is 5.41 Å². The molecule has 3 heterocycles. The number of hydrogen-bond donors (Lipinski definition) is 1. The summed E-state index contributed by atoms with van der Waals surface area (Å²) in [5, 5.41) is 6.21. The molecule has 2 aromatic rings. The van der Waals surface area contributed by atoms with Gasteiger partial charge in [0.05, 0.1) is 10.6 Å². The van der Waals surface area contributed by atoms with E-state index in [0.717, 1.165) is 42.5 Å². The topological polar surface area (TPSA) is 55.3 Å². The van der Waals surface area contributed by atoms with E-state index < -0.39 is 0 Å². The molecule has 1 fully saturated rings. The summed E-state index contributed by atoms with van der Waals surface area (Å²) in [6.45, 7) is 6.00. The molecule has 0 amide bonds. The summed E-state index contributed by atoms with van der Waals surface area (Å²) in [4.78, 5) is 3.54. The lowest BCUT2D eigenvalue weighted by molar-refractivity contribution is 0.267. The van der Waals surface area contributed by atoms with Crippen molar-refractivity contribution in [3.8, 4) is 10.6 Å². The standard InChI is InChI=1S/C14H19N3OS.ClH/c1-14(9-15)4-5-17(10-14)8-11-7-12(18-16-11)13-3-2-6-19-13;/h2-3,6-7H,4-5,8-10,15H2,1H3;1H. The molecule has 0 aliphatic carbocycles. The summed E-state index contributed by atoms with van der Waals surface area (Å²) in [5.74, 6) is 0.866. The fourth-order valence-electron chi connectivity index (χ4n) is 2.58. The van der Waals surface area contributed by atoms with Crippen LogP contribution in [0.25, 0.3) is 10.6 Å². The molecule has 0 aromatic carbocycles. The molecule has 0 spiro atoms. The number of halogens is 1. The molecular weight excluding hydrogens is 294 g/mol. The van der Waals surface area contributed by atoms with Gasteiger partial charge < -0.3 is 10.3 Å². The molecule has 20 heavy (non-hydrogen) atoms. The van der Waals surface area contributed by atoms with Gasteiger partial charge in [0.15, 0.2) is 5.76 Å². The Kier molecular flexibility index (Phi) is 4.86. The van der Waals surface area contributed by atoms with Crippen LogP contribution < -0.4 is 5.73 Å². The van der Waals surface area contributed by atoms with Gasteiger partial charge in [-0.3, -0.25) is 4.90 Å². The van der Waals surface area contributed by atoms with E-state index in [1.807, 2.05) is 17.5 Å². The van der Waals surface area contributed by atoms with Gasteiger partial charge in [0, 0.05) is 19.2 Å². The number of thiophene rings is 1. The maximum Gasteiger partial charge on any atom is 0.177 e. The third kappa shape index (κ3) is 3.23. The van der Waals surface area contributed by atoms with Crippen LogP contribution in [0.2, 0.25) is 0 Å². The first-order chi connectivity index (χ1) is 9.18. The van der Waals surface area contributed by atoms with E-state index in [1.165, 1.54) is 6.42 Å². The van der Waals surface area contributed by atoms with Crippen molar-refractivity contribution in [2.45, 2.75) is 19.9 Å². The fourth-order valence-corrected chi connectivity index (χ4v) is 3.25. The van der Waals surface area contributed by atoms with Gasteiger partial charge in [0.1, 0.15) is 0 Å². The Hall–Kier alpha value is -0.880. The van der Waals surface area contributed by atoms with Gasteiger partial charge in [-0.05, 0) is 36.4 Å². The van der Waals surface area contributed by atoms with Crippen LogP contribution in [0.3, 0.4) is 0 Å². The van der Waals surface area contributed by atoms with E-state index in [9.17, 15) is 0 Å². The average molecular weight is 314 g/mol. The minimum absolute atomic E-state index is 0.